The van der Waals surface area contributed by atoms with Gasteiger partial charge >= 0.3 is 5.97 Å². The van der Waals surface area contributed by atoms with Crippen molar-refractivity contribution in [3.05, 3.63) is 71.8 Å². The summed E-state index contributed by atoms with van der Waals surface area (Å²) in [6.07, 6.45) is 0. The van der Waals surface area contributed by atoms with Gasteiger partial charge in [0.15, 0.2) is 0 Å². The molecule has 1 aromatic heterocycles. The van der Waals surface area contributed by atoms with E-state index in [0.29, 0.717) is 11.3 Å². The van der Waals surface area contributed by atoms with Crippen LogP contribution in [0.1, 0.15) is 15.9 Å². The fourth-order valence-corrected chi connectivity index (χ4v) is 2.13. The van der Waals surface area contributed by atoms with Gasteiger partial charge in [0.1, 0.15) is 5.75 Å². The Balaban J connectivity index is 1.71. The first kappa shape index (κ1) is 15.7. The van der Waals surface area contributed by atoms with E-state index in [0.717, 1.165) is 11.3 Å². The topological polar surface area (TPSA) is 61.3 Å². The number of hydrogen-bond donors (Lipinski definition) is 0. The van der Waals surface area contributed by atoms with E-state index in [9.17, 15) is 4.79 Å². The van der Waals surface area contributed by atoms with Crippen LogP contribution in [0, 0.1) is 6.92 Å². The van der Waals surface area contributed by atoms with Gasteiger partial charge in [-0.1, -0.05) is 29.8 Å². The molecule has 0 saturated carbocycles. The lowest BCUT2D eigenvalue weighted by Crippen LogP contribution is -2.09. The van der Waals surface area contributed by atoms with Crippen molar-refractivity contribution < 1.29 is 14.3 Å². The molecule has 0 aliphatic rings. The lowest BCUT2D eigenvalue weighted by atomic mass is 10.1. The van der Waals surface area contributed by atoms with Crippen LogP contribution in [-0.4, -0.2) is 23.3 Å². The van der Waals surface area contributed by atoms with Crippen molar-refractivity contribution in [2.75, 3.05) is 7.11 Å². The first-order chi connectivity index (χ1) is 11.7. The van der Waals surface area contributed by atoms with Crippen LogP contribution < -0.4 is 9.47 Å². The molecule has 0 fully saturated rings. The molecule has 0 bridgehead atoms. The van der Waals surface area contributed by atoms with Gasteiger partial charge in [-0.15, -0.1) is 10.2 Å². The predicted octanol–water partition coefficient (Wildman–Crippen LogP) is 3.68. The van der Waals surface area contributed by atoms with Crippen LogP contribution in [0.3, 0.4) is 0 Å². The standard InChI is InChI=1S/C19H16N2O3/c1-13-3-5-14(6-4-13)17-11-12-18(21-20-17)24-19(22)15-7-9-16(23-2)10-8-15/h3-12H,1-2H3. The van der Waals surface area contributed by atoms with Gasteiger partial charge in [-0.25, -0.2) is 4.79 Å². The third kappa shape index (κ3) is 3.57. The zero-order valence-electron chi connectivity index (χ0n) is 13.4. The van der Waals surface area contributed by atoms with E-state index < -0.39 is 5.97 Å². The molecule has 0 unspecified atom stereocenters. The van der Waals surface area contributed by atoms with Crippen LogP contribution in [0.15, 0.2) is 60.7 Å². The minimum absolute atomic E-state index is 0.159. The maximum absolute atomic E-state index is 12.1. The average Bonchev–Trinajstić information content (AvgIpc) is 2.63. The molecular formula is C19H16N2O3. The summed E-state index contributed by atoms with van der Waals surface area (Å²) in [5.74, 6) is 0.343. The highest BCUT2D eigenvalue weighted by Gasteiger charge is 2.10. The fourth-order valence-electron chi connectivity index (χ4n) is 2.13. The third-order valence-electron chi connectivity index (χ3n) is 3.51. The first-order valence-corrected chi connectivity index (χ1v) is 7.43. The van der Waals surface area contributed by atoms with Crippen molar-refractivity contribution in [2.45, 2.75) is 6.92 Å². The molecule has 2 aromatic carbocycles. The second-order valence-electron chi connectivity index (χ2n) is 5.24. The number of carbonyl (C=O) groups excluding carboxylic acids is 1. The number of hydrogen-bond acceptors (Lipinski definition) is 5. The SMILES string of the molecule is COc1ccc(C(=O)Oc2ccc(-c3ccc(C)cc3)nn2)cc1. The smallest absolute Gasteiger partial charge is 0.344 e. The number of aromatic nitrogens is 2. The molecule has 0 aliphatic carbocycles. The zero-order chi connectivity index (χ0) is 16.9. The van der Waals surface area contributed by atoms with E-state index in [4.69, 9.17) is 9.47 Å². The minimum atomic E-state index is -0.491. The van der Waals surface area contributed by atoms with Crippen LogP contribution >= 0.6 is 0 Å². The second-order valence-corrected chi connectivity index (χ2v) is 5.24. The highest BCUT2D eigenvalue weighted by Crippen LogP contribution is 2.19. The number of carbonyl (C=O) groups is 1. The van der Waals surface area contributed by atoms with Crippen LogP contribution in [-0.2, 0) is 0 Å². The zero-order valence-corrected chi connectivity index (χ0v) is 13.4. The van der Waals surface area contributed by atoms with E-state index in [1.54, 1.807) is 43.5 Å². The number of methoxy groups -OCH3 is 1. The highest BCUT2D eigenvalue weighted by molar-refractivity contribution is 5.91. The average molecular weight is 320 g/mol. The monoisotopic (exact) mass is 320 g/mol. The third-order valence-corrected chi connectivity index (χ3v) is 3.51. The van der Waals surface area contributed by atoms with Crippen LogP contribution in [0.25, 0.3) is 11.3 Å². The first-order valence-electron chi connectivity index (χ1n) is 7.43. The van der Waals surface area contributed by atoms with Gasteiger partial charge in [-0.3, -0.25) is 0 Å². The van der Waals surface area contributed by atoms with Crippen molar-refractivity contribution in [2.24, 2.45) is 0 Å². The van der Waals surface area contributed by atoms with Gasteiger partial charge in [-0.2, -0.15) is 0 Å². The van der Waals surface area contributed by atoms with Gasteiger partial charge < -0.3 is 9.47 Å². The van der Waals surface area contributed by atoms with Gasteiger partial charge in [0.25, 0.3) is 0 Å². The van der Waals surface area contributed by atoms with Crippen LogP contribution in [0.2, 0.25) is 0 Å². The van der Waals surface area contributed by atoms with Crippen molar-refractivity contribution in [3.8, 4) is 22.9 Å². The molecule has 24 heavy (non-hydrogen) atoms. The van der Waals surface area contributed by atoms with Gasteiger partial charge in [0.2, 0.25) is 5.88 Å². The number of benzene rings is 2. The highest BCUT2D eigenvalue weighted by atomic mass is 16.5. The summed E-state index contributed by atoms with van der Waals surface area (Å²) in [5.41, 5.74) is 3.28. The predicted molar refractivity (Wildman–Crippen MR) is 90.2 cm³/mol. The number of rotatable bonds is 4. The molecule has 0 N–H and O–H groups in total. The quantitative estimate of drug-likeness (QED) is 0.686. The molecule has 1 heterocycles. The van der Waals surface area contributed by atoms with E-state index in [2.05, 4.69) is 10.2 Å². The Hall–Kier alpha value is -3.21. The lowest BCUT2D eigenvalue weighted by Gasteiger charge is -2.05. The van der Waals surface area contributed by atoms with Gasteiger partial charge in [0.05, 0.1) is 18.4 Å². The van der Waals surface area contributed by atoms with Crippen molar-refractivity contribution in [1.29, 1.82) is 0 Å². The summed E-state index contributed by atoms with van der Waals surface area (Å²) in [7, 11) is 1.57. The molecule has 0 amide bonds. The summed E-state index contributed by atoms with van der Waals surface area (Å²) in [6.45, 7) is 2.02. The van der Waals surface area contributed by atoms with Crippen LogP contribution in [0.4, 0.5) is 0 Å². The Morgan fingerprint density at radius 1 is 0.875 bits per heavy atom. The maximum atomic E-state index is 12.1. The molecule has 0 atom stereocenters. The lowest BCUT2D eigenvalue weighted by molar-refractivity contribution is 0.0726. The molecule has 0 spiro atoms. The van der Waals surface area contributed by atoms with E-state index in [1.165, 1.54) is 5.56 Å². The summed E-state index contributed by atoms with van der Waals surface area (Å²) in [6, 6.07) is 18.0. The van der Waals surface area contributed by atoms with Gasteiger partial charge in [0, 0.05) is 11.6 Å². The fraction of sp³-hybridized carbons (Fsp3) is 0.105. The molecule has 5 nitrogen and oxygen atoms in total. The number of nitrogens with zero attached hydrogens (tertiary/aromatic N) is 2. The molecule has 0 saturated heterocycles. The van der Waals surface area contributed by atoms with Crippen molar-refractivity contribution >= 4 is 5.97 Å². The second kappa shape index (κ2) is 6.91. The molecule has 120 valence electrons. The molecule has 3 rings (SSSR count). The van der Waals surface area contributed by atoms with E-state index >= 15 is 0 Å². The van der Waals surface area contributed by atoms with E-state index in [-0.39, 0.29) is 5.88 Å². The Kier molecular flexibility index (Phi) is 4.52. The largest absolute Gasteiger partial charge is 0.497 e. The van der Waals surface area contributed by atoms with Crippen LogP contribution in [0.5, 0.6) is 11.6 Å². The normalized spacial score (nSPS) is 10.2. The molecule has 5 heteroatoms. The number of aryl methyl sites for hydroxylation is 1. The molecule has 0 aliphatic heterocycles. The summed E-state index contributed by atoms with van der Waals surface area (Å²) < 4.78 is 10.3. The Labute approximate surface area is 139 Å². The Bertz CT molecular complexity index is 826. The summed E-state index contributed by atoms with van der Waals surface area (Å²) in [4.78, 5) is 12.1. The number of esters is 1. The number of ether oxygens (including phenoxy) is 2. The minimum Gasteiger partial charge on any atom is -0.497 e. The summed E-state index contributed by atoms with van der Waals surface area (Å²) in [5, 5.41) is 8.06. The molecule has 3 aromatic rings. The van der Waals surface area contributed by atoms with Crippen molar-refractivity contribution in [1.82, 2.24) is 10.2 Å². The molecular weight excluding hydrogens is 304 g/mol. The molecule has 0 radical (unpaired) electrons. The van der Waals surface area contributed by atoms with Gasteiger partial charge in [-0.05, 0) is 37.3 Å². The Morgan fingerprint density at radius 2 is 1.58 bits per heavy atom. The van der Waals surface area contributed by atoms with Crippen molar-refractivity contribution in [3.63, 3.8) is 0 Å². The summed E-state index contributed by atoms with van der Waals surface area (Å²) >= 11 is 0. The van der Waals surface area contributed by atoms with E-state index in [1.807, 2.05) is 31.2 Å². The Morgan fingerprint density at radius 3 is 2.17 bits per heavy atom. The maximum Gasteiger partial charge on any atom is 0.344 e.